The molecule has 1 aromatic carbocycles. The molecule has 0 nitrogen and oxygen atoms in total. The lowest BCUT2D eigenvalue weighted by Gasteiger charge is -2.10. The SMILES string of the molecule is Cc1ccc(C(Br)c2cc(C)c(Br)s2)c(Cl)c1. The zero-order valence-electron chi connectivity index (χ0n) is 9.43. The molecule has 0 aliphatic heterocycles. The Hall–Kier alpha value is 0.170. The van der Waals surface area contributed by atoms with Crippen LogP contribution in [0.5, 0.6) is 0 Å². The highest BCUT2D eigenvalue weighted by Gasteiger charge is 2.16. The number of hydrogen-bond acceptors (Lipinski definition) is 1. The minimum Gasteiger partial charge on any atom is -0.131 e. The number of halogens is 3. The van der Waals surface area contributed by atoms with Crippen molar-refractivity contribution < 1.29 is 0 Å². The smallest absolute Gasteiger partial charge is 0.0752 e. The lowest BCUT2D eigenvalue weighted by molar-refractivity contribution is 1.21. The van der Waals surface area contributed by atoms with Crippen LogP contribution in [0.4, 0.5) is 0 Å². The Kier molecular flexibility index (Phi) is 4.35. The Balaban J connectivity index is 2.39. The molecule has 1 atom stereocenters. The van der Waals surface area contributed by atoms with Crippen LogP contribution in [0.15, 0.2) is 28.1 Å². The van der Waals surface area contributed by atoms with E-state index in [0.29, 0.717) is 0 Å². The number of thiophene rings is 1. The van der Waals surface area contributed by atoms with Gasteiger partial charge in [-0.3, -0.25) is 0 Å². The third-order valence-corrected chi connectivity index (χ3v) is 6.37. The molecule has 4 heteroatoms. The van der Waals surface area contributed by atoms with Crippen molar-refractivity contribution in [2.45, 2.75) is 18.7 Å². The second-order valence-electron chi connectivity index (χ2n) is 3.99. The van der Waals surface area contributed by atoms with E-state index in [1.807, 2.05) is 13.0 Å². The third kappa shape index (κ3) is 2.95. The molecular weight excluding hydrogens is 383 g/mol. The van der Waals surface area contributed by atoms with Gasteiger partial charge in [0.05, 0.1) is 8.61 Å². The molecule has 2 rings (SSSR count). The number of aryl methyl sites for hydroxylation is 2. The first-order valence-corrected chi connectivity index (χ1v) is 8.05. The van der Waals surface area contributed by atoms with Crippen LogP contribution in [0.2, 0.25) is 5.02 Å². The van der Waals surface area contributed by atoms with Crippen molar-refractivity contribution >= 4 is 54.8 Å². The zero-order chi connectivity index (χ0) is 12.6. The summed E-state index contributed by atoms with van der Waals surface area (Å²) in [7, 11) is 0. The van der Waals surface area contributed by atoms with E-state index < -0.39 is 0 Å². The summed E-state index contributed by atoms with van der Waals surface area (Å²) in [5.41, 5.74) is 3.56. The fourth-order valence-corrected chi connectivity index (χ4v) is 4.46. The standard InChI is InChI=1S/C13H11Br2ClS/c1-7-3-4-9(10(16)5-7)12(14)11-6-8(2)13(15)17-11/h3-6,12H,1-2H3. The second-order valence-corrected chi connectivity index (χ2v) is 7.72. The summed E-state index contributed by atoms with van der Waals surface area (Å²) in [4.78, 5) is 1.42. The summed E-state index contributed by atoms with van der Waals surface area (Å²) in [6.07, 6.45) is 0. The zero-order valence-corrected chi connectivity index (χ0v) is 14.2. The summed E-state index contributed by atoms with van der Waals surface area (Å²) in [6, 6.07) is 8.36. The molecule has 2 aromatic rings. The van der Waals surface area contributed by atoms with E-state index in [9.17, 15) is 0 Å². The van der Waals surface area contributed by atoms with Gasteiger partial charge in [-0.25, -0.2) is 0 Å². The molecule has 0 spiro atoms. The van der Waals surface area contributed by atoms with Crippen molar-refractivity contribution in [1.29, 1.82) is 0 Å². The van der Waals surface area contributed by atoms with Gasteiger partial charge >= 0.3 is 0 Å². The average Bonchev–Trinajstić information content (AvgIpc) is 2.58. The first-order valence-electron chi connectivity index (χ1n) is 5.15. The van der Waals surface area contributed by atoms with Crippen molar-refractivity contribution in [2.24, 2.45) is 0 Å². The predicted octanol–water partition coefficient (Wildman–Crippen LogP) is 6.27. The third-order valence-electron chi connectivity index (χ3n) is 2.56. The maximum atomic E-state index is 6.28. The summed E-state index contributed by atoms with van der Waals surface area (Å²) in [6.45, 7) is 4.14. The van der Waals surface area contributed by atoms with E-state index in [1.54, 1.807) is 11.3 Å². The van der Waals surface area contributed by atoms with Crippen LogP contribution in [-0.2, 0) is 0 Å². The molecule has 0 fully saturated rings. The molecule has 1 heterocycles. The van der Waals surface area contributed by atoms with E-state index in [2.05, 4.69) is 57.0 Å². The summed E-state index contributed by atoms with van der Waals surface area (Å²) in [5.74, 6) is 0. The molecule has 0 aliphatic rings. The van der Waals surface area contributed by atoms with Gasteiger partial charge in [0.2, 0.25) is 0 Å². The van der Waals surface area contributed by atoms with Gasteiger partial charge in [0.1, 0.15) is 0 Å². The van der Waals surface area contributed by atoms with Crippen LogP contribution in [0.3, 0.4) is 0 Å². The van der Waals surface area contributed by atoms with Crippen molar-refractivity contribution in [3.05, 3.63) is 54.6 Å². The highest BCUT2D eigenvalue weighted by atomic mass is 79.9. The minimum absolute atomic E-state index is 0.158. The van der Waals surface area contributed by atoms with Gasteiger partial charge in [-0.15, -0.1) is 11.3 Å². The number of hydrogen-bond donors (Lipinski definition) is 0. The lowest BCUT2D eigenvalue weighted by Crippen LogP contribution is -1.91. The van der Waals surface area contributed by atoms with Gasteiger partial charge in [-0.1, -0.05) is 39.7 Å². The molecule has 17 heavy (non-hydrogen) atoms. The van der Waals surface area contributed by atoms with E-state index in [0.717, 1.165) is 10.6 Å². The van der Waals surface area contributed by atoms with Crippen LogP contribution in [0.25, 0.3) is 0 Å². The minimum atomic E-state index is 0.158. The Morgan fingerprint density at radius 1 is 1.24 bits per heavy atom. The molecule has 0 bridgehead atoms. The van der Waals surface area contributed by atoms with E-state index in [4.69, 9.17) is 11.6 Å². The van der Waals surface area contributed by atoms with Gasteiger partial charge in [0, 0.05) is 9.90 Å². The van der Waals surface area contributed by atoms with E-state index in [-0.39, 0.29) is 4.83 Å². The number of rotatable bonds is 2. The van der Waals surface area contributed by atoms with Gasteiger partial charge in [-0.05, 0) is 58.6 Å². The first kappa shape index (κ1) is 13.6. The van der Waals surface area contributed by atoms with Gasteiger partial charge < -0.3 is 0 Å². The summed E-state index contributed by atoms with van der Waals surface area (Å²) in [5, 5.41) is 0.814. The highest BCUT2D eigenvalue weighted by Crippen LogP contribution is 2.41. The van der Waals surface area contributed by atoms with Crippen LogP contribution >= 0.6 is 54.8 Å². The van der Waals surface area contributed by atoms with Crippen LogP contribution in [0.1, 0.15) is 26.4 Å². The van der Waals surface area contributed by atoms with Crippen LogP contribution in [0, 0.1) is 13.8 Å². The maximum absolute atomic E-state index is 6.28. The highest BCUT2D eigenvalue weighted by molar-refractivity contribution is 9.11. The number of benzene rings is 1. The largest absolute Gasteiger partial charge is 0.131 e. The van der Waals surface area contributed by atoms with Gasteiger partial charge in [0.15, 0.2) is 0 Å². The normalized spacial score (nSPS) is 12.8. The molecule has 0 N–H and O–H groups in total. The van der Waals surface area contributed by atoms with Crippen molar-refractivity contribution in [1.82, 2.24) is 0 Å². The molecule has 1 aromatic heterocycles. The Bertz CT molecular complexity index is 529. The van der Waals surface area contributed by atoms with Crippen molar-refractivity contribution in [3.63, 3.8) is 0 Å². The molecule has 0 aliphatic carbocycles. The lowest BCUT2D eigenvalue weighted by atomic mass is 10.1. The quantitative estimate of drug-likeness (QED) is 0.527. The van der Waals surface area contributed by atoms with Crippen molar-refractivity contribution in [2.75, 3.05) is 0 Å². The van der Waals surface area contributed by atoms with Crippen LogP contribution < -0.4 is 0 Å². The van der Waals surface area contributed by atoms with Crippen molar-refractivity contribution in [3.8, 4) is 0 Å². The van der Waals surface area contributed by atoms with E-state index >= 15 is 0 Å². The second kappa shape index (κ2) is 5.43. The Morgan fingerprint density at radius 3 is 2.47 bits per heavy atom. The average molecular weight is 395 g/mol. The maximum Gasteiger partial charge on any atom is 0.0752 e. The summed E-state index contributed by atoms with van der Waals surface area (Å²) >= 11 is 15.3. The van der Waals surface area contributed by atoms with Gasteiger partial charge in [0.25, 0.3) is 0 Å². The molecule has 0 radical (unpaired) electrons. The monoisotopic (exact) mass is 392 g/mol. The molecule has 90 valence electrons. The Morgan fingerprint density at radius 2 is 1.94 bits per heavy atom. The molecular formula is C13H11Br2ClS. The summed E-state index contributed by atoms with van der Waals surface area (Å²) < 4.78 is 1.18. The van der Waals surface area contributed by atoms with Crippen LogP contribution in [-0.4, -0.2) is 0 Å². The predicted molar refractivity (Wildman–Crippen MR) is 83.7 cm³/mol. The fourth-order valence-electron chi connectivity index (χ4n) is 1.60. The van der Waals surface area contributed by atoms with E-state index in [1.165, 1.54) is 19.8 Å². The number of alkyl halides is 1. The Labute approximate surface area is 127 Å². The topological polar surface area (TPSA) is 0 Å². The molecule has 0 saturated carbocycles. The molecule has 0 amide bonds. The fraction of sp³-hybridized carbons (Fsp3) is 0.231. The van der Waals surface area contributed by atoms with Gasteiger partial charge in [-0.2, -0.15) is 0 Å². The first-order chi connectivity index (χ1) is 7.99. The molecule has 1 unspecified atom stereocenters. The molecule has 0 saturated heterocycles.